The van der Waals surface area contributed by atoms with E-state index < -0.39 is 10.9 Å². The van der Waals surface area contributed by atoms with E-state index in [1.165, 1.54) is 18.2 Å². The predicted octanol–water partition coefficient (Wildman–Crippen LogP) is 4.13. The molecule has 2 aromatic rings. The molecule has 0 aliphatic rings. The summed E-state index contributed by atoms with van der Waals surface area (Å²) in [6.07, 6.45) is 1.84. The number of nitro benzene ring substituents is 1. The van der Waals surface area contributed by atoms with Crippen molar-refractivity contribution in [3.8, 4) is 5.75 Å². The summed E-state index contributed by atoms with van der Waals surface area (Å²) in [6, 6.07) is 13.2. The van der Waals surface area contributed by atoms with Gasteiger partial charge in [0.1, 0.15) is 17.9 Å². The van der Waals surface area contributed by atoms with Crippen molar-refractivity contribution in [3.05, 3.63) is 69.8 Å². The zero-order chi connectivity index (χ0) is 17.4. The molecule has 0 atom stereocenters. The van der Waals surface area contributed by atoms with Crippen molar-refractivity contribution < 1.29 is 19.2 Å². The maximum absolute atomic E-state index is 12.2. The Labute approximate surface area is 140 Å². The highest BCUT2D eigenvalue weighted by molar-refractivity contribution is 5.94. The molecule has 0 aliphatic heterocycles. The van der Waals surface area contributed by atoms with Gasteiger partial charge in [-0.3, -0.25) is 10.1 Å². The number of nitrogens with zero attached hydrogens (tertiary/aromatic N) is 1. The Morgan fingerprint density at radius 2 is 1.92 bits per heavy atom. The van der Waals surface area contributed by atoms with Crippen LogP contribution in [0.5, 0.6) is 5.75 Å². The third-order valence-corrected chi connectivity index (χ3v) is 3.36. The van der Waals surface area contributed by atoms with Gasteiger partial charge in [-0.25, -0.2) is 4.79 Å². The third kappa shape index (κ3) is 4.81. The molecule has 6 heteroatoms. The third-order valence-electron chi connectivity index (χ3n) is 3.36. The molecule has 0 fully saturated rings. The van der Waals surface area contributed by atoms with Gasteiger partial charge in [-0.2, -0.15) is 0 Å². The Bertz CT molecular complexity index is 700. The fourth-order valence-corrected chi connectivity index (χ4v) is 2.06. The van der Waals surface area contributed by atoms with Crippen molar-refractivity contribution in [2.75, 3.05) is 6.61 Å². The second kappa shape index (κ2) is 8.67. The Balaban J connectivity index is 2.13. The standard InChI is InChI=1S/C18H19NO5/c1-2-3-11-23-15-9-10-17(19(21)22)16(12-15)18(20)24-13-14-7-5-4-6-8-14/h4-10,12H,2-3,11,13H2,1H3. The monoisotopic (exact) mass is 329 g/mol. The molecule has 0 unspecified atom stereocenters. The molecule has 24 heavy (non-hydrogen) atoms. The SMILES string of the molecule is CCCCOc1ccc([N+](=O)[O-])c(C(=O)OCc2ccccc2)c1. The highest BCUT2D eigenvalue weighted by atomic mass is 16.6. The first-order valence-electron chi connectivity index (χ1n) is 7.74. The molecule has 0 heterocycles. The van der Waals surface area contributed by atoms with Crippen LogP contribution < -0.4 is 4.74 Å². The molecule has 0 amide bonds. The lowest BCUT2D eigenvalue weighted by Crippen LogP contribution is -2.09. The molecule has 0 aromatic heterocycles. The van der Waals surface area contributed by atoms with Gasteiger partial charge in [-0.1, -0.05) is 43.7 Å². The van der Waals surface area contributed by atoms with E-state index in [1.807, 2.05) is 37.3 Å². The highest BCUT2D eigenvalue weighted by Gasteiger charge is 2.22. The molecule has 0 saturated carbocycles. The Hall–Kier alpha value is -2.89. The number of carbonyl (C=O) groups is 1. The minimum Gasteiger partial charge on any atom is -0.494 e. The molecule has 0 spiro atoms. The number of hydrogen-bond donors (Lipinski definition) is 0. The fraction of sp³-hybridized carbons (Fsp3) is 0.278. The first-order valence-corrected chi connectivity index (χ1v) is 7.74. The van der Waals surface area contributed by atoms with Gasteiger partial charge in [0.05, 0.1) is 11.5 Å². The molecule has 2 rings (SSSR count). The van der Waals surface area contributed by atoms with Crippen molar-refractivity contribution in [1.82, 2.24) is 0 Å². The number of nitro groups is 1. The van der Waals surface area contributed by atoms with Gasteiger partial charge in [-0.05, 0) is 18.1 Å². The average Bonchev–Trinajstić information content (AvgIpc) is 2.60. The van der Waals surface area contributed by atoms with Crippen LogP contribution in [-0.2, 0) is 11.3 Å². The molecular weight excluding hydrogens is 310 g/mol. The number of unbranched alkanes of at least 4 members (excludes halogenated alkanes) is 1. The van der Waals surface area contributed by atoms with E-state index in [0.717, 1.165) is 18.4 Å². The van der Waals surface area contributed by atoms with Crippen molar-refractivity contribution >= 4 is 11.7 Å². The lowest BCUT2D eigenvalue weighted by Gasteiger charge is -2.09. The van der Waals surface area contributed by atoms with E-state index in [-0.39, 0.29) is 17.9 Å². The second-order valence-electron chi connectivity index (χ2n) is 5.20. The Kier molecular flexibility index (Phi) is 6.31. The van der Waals surface area contributed by atoms with E-state index in [4.69, 9.17) is 9.47 Å². The number of hydrogen-bond acceptors (Lipinski definition) is 5. The molecule has 0 bridgehead atoms. The van der Waals surface area contributed by atoms with E-state index in [2.05, 4.69) is 0 Å². The minimum atomic E-state index is -0.744. The maximum atomic E-state index is 12.2. The van der Waals surface area contributed by atoms with Crippen LogP contribution in [0.15, 0.2) is 48.5 Å². The highest BCUT2D eigenvalue weighted by Crippen LogP contribution is 2.25. The molecular formula is C18H19NO5. The Morgan fingerprint density at radius 1 is 1.17 bits per heavy atom. The Morgan fingerprint density at radius 3 is 2.58 bits per heavy atom. The number of carbonyl (C=O) groups excluding carboxylic acids is 1. The topological polar surface area (TPSA) is 78.7 Å². The van der Waals surface area contributed by atoms with Crippen molar-refractivity contribution in [2.24, 2.45) is 0 Å². The first kappa shape index (κ1) is 17.5. The van der Waals surface area contributed by atoms with Crippen molar-refractivity contribution in [1.29, 1.82) is 0 Å². The van der Waals surface area contributed by atoms with Gasteiger partial charge in [0.25, 0.3) is 5.69 Å². The quantitative estimate of drug-likeness (QED) is 0.315. The first-order chi connectivity index (χ1) is 11.6. The zero-order valence-corrected chi connectivity index (χ0v) is 13.4. The van der Waals surface area contributed by atoms with Crippen LogP contribution in [0, 0.1) is 10.1 Å². The molecule has 0 aliphatic carbocycles. The summed E-state index contributed by atoms with van der Waals surface area (Å²) in [4.78, 5) is 22.8. The number of benzene rings is 2. The molecule has 126 valence electrons. The van der Waals surface area contributed by atoms with Crippen LogP contribution in [-0.4, -0.2) is 17.5 Å². The minimum absolute atomic E-state index is 0.0533. The summed E-state index contributed by atoms with van der Waals surface area (Å²) in [5.74, 6) is -0.327. The molecule has 0 radical (unpaired) electrons. The summed E-state index contributed by atoms with van der Waals surface area (Å²) in [5.41, 5.74) is 0.407. The molecule has 2 aromatic carbocycles. The number of esters is 1. The van der Waals surface area contributed by atoms with Gasteiger partial charge in [0, 0.05) is 12.1 Å². The van der Waals surface area contributed by atoms with E-state index >= 15 is 0 Å². The van der Waals surface area contributed by atoms with Crippen molar-refractivity contribution in [3.63, 3.8) is 0 Å². The predicted molar refractivity (Wildman–Crippen MR) is 89.1 cm³/mol. The lowest BCUT2D eigenvalue weighted by molar-refractivity contribution is -0.385. The van der Waals surface area contributed by atoms with Crippen LogP contribution in [0.1, 0.15) is 35.7 Å². The molecule has 6 nitrogen and oxygen atoms in total. The smallest absolute Gasteiger partial charge is 0.345 e. The van der Waals surface area contributed by atoms with Crippen LogP contribution in [0.4, 0.5) is 5.69 Å². The zero-order valence-electron chi connectivity index (χ0n) is 13.4. The number of ether oxygens (including phenoxy) is 2. The number of rotatable bonds is 8. The molecule has 0 saturated heterocycles. The van der Waals surface area contributed by atoms with Crippen LogP contribution in [0.25, 0.3) is 0 Å². The summed E-state index contributed by atoms with van der Waals surface area (Å²) >= 11 is 0. The van der Waals surface area contributed by atoms with E-state index in [9.17, 15) is 14.9 Å². The summed E-state index contributed by atoms with van der Waals surface area (Å²) in [5, 5.41) is 11.1. The van der Waals surface area contributed by atoms with E-state index in [1.54, 1.807) is 0 Å². The van der Waals surface area contributed by atoms with Crippen LogP contribution in [0.2, 0.25) is 0 Å². The fourth-order valence-electron chi connectivity index (χ4n) is 2.06. The van der Waals surface area contributed by atoms with Gasteiger partial charge in [0.2, 0.25) is 0 Å². The van der Waals surface area contributed by atoms with Gasteiger partial charge in [0.15, 0.2) is 0 Å². The van der Waals surface area contributed by atoms with Gasteiger partial charge < -0.3 is 9.47 Å². The van der Waals surface area contributed by atoms with Gasteiger partial charge >= 0.3 is 5.97 Å². The van der Waals surface area contributed by atoms with Gasteiger partial charge in [-0.15, -0.1) is 0 Å². The summed E-state index contributed by atoms with van der Waals surface area (Å²) < 4.78 is 10.7. The normalized spacial score (nSPS) is 10.2. The largest absolute Gasteiger partial charge is 0.494 e. The summed E-state index contributed by atoms with van der Waals surface area (Å²) in [7, 11) is 0. The van der Waals surface area contributed by atoms with E-state index in [0.29, 0.717) is 12.4 Å². The maximum Gasteiger partial charge on any atom is 0.345 e. The van der Waals surface area contributed by atoms with Crippen LogP contribution in [0.3, 0.4) is 0 Å². The average molecular weight is 329 g/mol. The van der Waals surface area contributed by atoms with Crippen LogP contribution >= 0.6 is 0 Å². The second-order valence-corrected chi connectivity index (χ2v) is 5.20. The lowest BCUT2D eigenvalue weighted by atomic mass is 10.1. The summed E-state index contributed by atoms with van der Waals surface area (Å²) in [6.45, 7) is 2.58. The molecule has 0 N–H and O–H groups in total. The van der Waals surface area contributed by atoms with Crippen molar-refractivity contribution in [2.45, 2.75) is 26.4 Å².